The van der Waals surface area contributed by atoms with Gasteiger partial charge >= 0.3 is 0 Å². The van der Waals surface area contributed by atoms with Gasteiger partial charge in [-0.3, -0.25) is 9.67 Å². The quantitative estimate of drug-likeness (QED) is 0.526. The molecule has 0 fully saturated rings. The molecule has 0 N–H and O–H groups in total. The highest BCUT2D eigenvalue weighted by Crippen LogP contribution is 1.97. The molecule has 0 aliphatic carbocycles. The molecular weight excluding hydrogens is 126 g/mol. The third-order valence-electron chi connectivity index (χ3n) is 1.30. The molecule has 1 heterocycles. The van der Waals surface area contributed by atoms with E-state index in [4.69, 9.17) is 0 Å². The summed E-state index contributed by atoms with van der Waals surface area (Å²) < 4.78 is 1.81. The number of hydrogen-bond acceptors (Lipinski definition) is 2. The maximum absolute atomic E-state index is 4.16. The number of hydrogen-bond donors (Lipinski definition) is 0. The highest BCUT2D eigenvalue weighted by molar-refractivity contribution is 5.77. The molecule has 0 amide bonds. The molecule has 0 unspecified atom stereocenters. The van der Waals surface area contributed by atoms with E-state index in [9.17, 15) is 0 Å². The van der Waals surface area contributed by atoms with Crippen molar-refractivity contribution in [2.45, 2.75) is 6.92 Å². The van der Waals surface area contributed by atoms with E-state index in [1.165, 1.54) is 0 Å². The summed E-state index contributed by atoms with van der Waals surface area (Å²) in [6.07, 6.45) is 1.79. The molecule has 0 radical (unpaired) electrons. The highest BCUT2D eigenvalue weighted by atomic mass is 15.3. The second kappa shape index (κ2) is 2.64. The van der Waals surface area contributed by atoms with Gasteiger partial charge in [-0.1, -0.05) is 0 Å². The van der Waals surface area contributed by atoms with Crippen molar-refractivity contribution in [1.29, 1.82) is 0 Å². The monoisotopic (exact) mass is 137 g/mol. The fraction of sp³-hybridized carbons (Fsp3) is 0.429. The normalized spacial score (nSPS) is 11.1. The van der Waals surface area contributed by atoms with E-state index in [-0.39, 0.29) is 0 Å². The summed E-state index contributed by atoms with van der Waals surface area (Å²) in [5, 5.41) is 4.16. The maximum atomic E-state index is 4.16. The molecule has 1 aromatic heterocycles. The zero-order valence-corrected chi connectivity index (χ0v) is 6.50. The minimum Gasteiger partial charge on any atom is -0.294 e. The van der Waals surface area contributed by atoms with E-state index >= 15 is 0 Å². The molecule has 10 heavy (non-hydrogen) atoms. The predicted molar refractivity (Wildman–Crippen MR) is 41.5 cm³/mol. The topological polar surface area (TPSA) is 30.2 Å². The van der Waals surface area contributed by atoms with Crippen LogP contribution in [0.4, 0.5) is 0 Å². The minimum atomic E-state index is 1.03. The van der Waals surface area contributed by atoms with Crippen LogP contribution in [0.25, 0.3) is 0 Å². The molecule has 0 aliphatic rings. The lowest BCUT2D eigenvalue weighted by Gasteiger charge is -1.89. The van der Waals surface area contributed by atoms with Crippen LogP contribution in [-0.4, -0.2) is 23.0 Å². The minimum absolute atomic E-state index is 1.03. The lowest BCUT2D eigenvalue weighted by molar-refractivity contribution is 0.751. The fourth-order valence-electron chi connectivity index (χ4n) is 0.884. The Labute approximate surface area is 60.4 Å². The van der Waals surface area contributed by atoms with Gasteiger partial charge in [-0.25, -0.2) is 0 Å². The molecule has 3 nitrogen and oxygen atoms in total. The van der Waals surface area contributed by atoms with Crippen LogP contribution in [0, 0.1) is 6.92 Å². The third kappa shape index (κ3) is 1.23. The Morgan fingerprint density at radius 2 is 2.40 bits per heavy atom. The second-order valence-corrected chi connectivity index (χ2v) is 2.22. The van der Waals surface area contributed by atoms with Crippen molar-refractivity contribution in [3.63, 3.8) is 0 Å². The Balaban J connectivity index is 3.03. The lowest BCUT2D eigenvalue weighted by Crippen LogP contribution is -1.96. The van der Waals surface area contributed by atoms with Crippen molar-refractivity contribution in [2.24, 2.45) is 12.0 Å². The molecular formula is C7H11N3. The smallest absolute Gasteiger partial charge is 0.0787 e. The van der Waals surface area contributed by atoms with E-state index < -0.39 is 0 Å². The highest BCUT2D eigenvalue weighted by Gasteiger charge is 1.95. The maximum Gasteiger partial charge on any atom is 0.0787 e. The zero-order valence-electron chi connectivity index (χ0n) is 6.50. The summed E-state index contributed by atoms with van der Waals surface area (Å²) in [5.41, 5.74) is 2.07. The zero-order chi connectivity index (χ0) is 7.56. The SMILES string of the molecule is C/N=C/c1cc(C)nn1C. The third-order valence-corrected chi connectivity index (χ3v) is 1.30. The lowest BCUT2D eigenvalue weighted by atomic mass is 10.4. The van der Waals surface area contributed by atoms with Gasteiger partial charge < -0.3 is 0 Å². The van der Waals surface area contributed by atoms with Crippen LogP contribution in [0.1, 0.15) is 11.4 Å². The average Bonchev–Trinajstić information content (AvgIpc) is 2.13. The summed E-state index contributed by atoms with van der Waals surface area (Å²) in [6, 6.07) is 1.99. The summed E-state index contributed by atoms with van der Waals surface area (Å²) in [7, 11) is 3.66. The summed E-state index contributed by atoms with van der Waals surface area (Å²) >= 11 is 0. The Hall–Kier alpha value is -1.12. The van der Waals surface area contributed by atoms with Crippen molar-refractivity contribution < 1.29 is 0 Å². The molecule has 0 spiro atoms. The van der Waals surface area contributed by atoms with Gasteiger partial charge in [0, 0.05) is 20.3 Å². The molecule has 0 aromatic carbocycles. The standard InChI is InChI=1S/C7H11N3/c1-6-4-7(5-8-2)10(3)9-6/h4-5H,1-3H3/b8-5+. The first-order valence-electron chi connectivity index (χ1n) is 3.17. The molecule has 54 valence electrons. The molecule has 1 rings (SSSR count). The Morgan fingerprint density at radius 3 is 2.80 bits per heavy atom. The summed E-state index contributed by atoms with van der Waals surface area (Å²) in [5.74, 6) is 0. The predicted octanol–water partition coefficient (Wildman–Crippen LogP) is 0.777. The first-order valence-corrected chi connectivity index (χ1v) is 3.17. The van der Waals surface area contributed by atoms with E-state index in [2.05, 4.69) is 10.1 Å². The number of aryl methyl sites for hydroxylation is 2. The van der Waals surface area contributed by atoms with Crippen LogP contribution < -0.4 is 0 Å². The van der Waals surface area contributed by atoms with Crippen molar-refractivity contribution in [3.8, 4) is 0 Å². The number of aromatic nitrogens is 2. The molecule has 0 saturated heterocycles. The number of rotatable bonds is 1. The van der Waals surface area contributed by atoms with E-state index in [0.717, 1.165) is 11.4 Å². The van der Waals surface area contributed by atoms with Crippen molar-refractivity contribution in [1.82, 2.24) is 9.78 Å². The van der Waals surface area contributed by atoms with E-state index in [0.29, 0.717) is 0 Å². The number of nitrogens with zero attached hydrogens (tertiary/aromatic N) is 3. The van der Waals surface area contributed by atoms with Gasteiger partial charge in [0.1, 0.15) is 0 Å². The number of aliphatic imine (C=N–C) groups is 1. The van der Waals surface area contributed by atoms with Gasteiger partial charge in [0.25, 0.3) is 0 Å². The van der Waals surface area contributed by atoms with Crippen molar-refractivity contribution >= 4 is 6.21 Å². The molecule has 0 bridgehead atoms. The van der Waals surface area contributed by atoms with E-state index in [1.807, 2.05) is 24.7 Å². The second-order valence-electron chi connectivity index (χ2n) is 2.22. The van der Waals surface area contributed by atoms with Gasteiger partial charge in [0.05, 0.1) is 11.4 Å². The van der Waals surface area contributed by atoms with Crippen molar-refractivity contribution in [3.05, 3.63) is 17.5 Å². The van der Waals surface area contributed by atoms with Gasteiger partial charge in [-0.2, -0.15) is 5.10 Å². The Morgan fingerprint density at radius 1 is 1.70 bits per heavy atom. The Kier molecular flexibility index (Phi) is 1.85. The van der Waals surface area contributed by atoms with Crippen molar-refractivity contribution in [2.75, 3.05) is 7.05 Å². The molecule has 3 heteroatoms. The summed E-state index contributed by atoms with van der Waals surface area (Å²) in [6.45, 7) is 1.97. The van der Waals surface area contributed by atoms with Gasteiger partial charge in [0.15, 0.2) is 0 Å². The van der Waals surface area contributed by atoms with Crippen LogP contribution >= 0.6 is 0 Å². The first kappa shape index (κ1) is 6.99. The van der Waals surface area contributed by atoms with Crippen LogP contribution in [0.5, 0.6) is 0 Å². The van der Waals surface area contributed by atoms with Gasteiger partial charge in [-0.15, -0.1) is 0 Å². The van der Waals surface area contributed by atoms with Crippen LogP contribution in [0.15, 0.2) is 11.1 Å². The van der Waals surface area contributed by atoms with Crippen LogP contribution in [0.2, 0.25) is 0 Å². The van der Waals surface area contributed by atoms with Crippen LogP contribution in [0.3, 0.4) is 0 Å². The molecule has 0 aliphatic heterocycles. The summed E-state index contributed by atoms with van der Waals surface area (Å²) in [4.78, 5) is 3.89. The fourth-order valence-corrected chi connectivity index (χ4v) is 0.884. The van der Waals surface area contributed by atoms with Crippen LogP contribution in [-0.2, 0) is 7.05 Å². The molecule has 0 saturated carbocycles. The Bertz CT molecular complexity index is 247. The first-order chi connectivity index (χ1) is 4.74. The average molecular weight is 137 g/mol. The van der Waals surface area contributed by atoms with Gasteiger partial charge in [0.2, 0.25) is 0 Å². The largest absolute Gasteiger partial charge is 0.294 e. The molecule has 1 aromatic rings. The van der Waals surface area contributed by atoms with E-state index in [1.54, 1.807) is 13.3 Å². The molecule has 0 atom stereocenters. The van der Waals surface area contributed by atoms with Gasteiger partial charge in [-0.05, 0) is 13.0 Å².